The lowest BCUT2D eigenvalue weighted by molar-refractivity contribution is 0.0725. The van der Waals surface area contributed by atoms with Crippen LogP contribution in [0.5, 0.6) is 23.0 Å². The summed E-state index contributed by atoms with van der Waals surface area (Å²) in [7, 11) is 0. The van der Waals surface area contributed by atoms with E-state index < -0.39 is 17.4 Å². The minimum absolute atomic E-state index is 0.0256. The number of unbranched alkanes of at least 4 members (excludes halogenated alkanes) is 1. The summed E-state index contributed by atoms with van der Waals surface area (Å²) >= 11 is 0. The average Bonchev–Trinajstić information content (AvgIpc) is 3.88. The lowest BCUT2D eigenvalue weighted by atomic mass is 9.82. The molecule has 7 heteroatoms. The van der Waals surface area contributed by atoms with E-state index in [-0.39, 0.29) is 12.2 Å². The molecule has 46 heavy (non-hydrogen) atoms. The molecule has 1 saturated heterocycles. The molecule has 1 heterocycles. The van der Waals surface area contributed by atoms with Crippen LogP contribution in [0.3, 0.4) is 0 Å². The molecule has 2 atom stereocenters. The highest BCUT2D eigenvalue weighted by atomic mass is 16.6. The van der Waals surface area contributed by atoms with E-state index in [1.807, 2.05) is 36.4 Å². The summed E-state index contributed by atoms with van der Waals surface area (Å²) in [6.07, 6.45) is 4.15. The first kappa shape index (κ1) is 31.4. The highest BCUT2D eigenvalue weighted by Crippen LogP contribution is 2.50. The fourth-order valence-electron chi connectivity index (χ4n) is 5.90. The molecule has 238 valence electrons. The van der Waals surface area contributed by atoms with Crippen LogP contribution < -0.4 is 18.9 Å². The van der Waals surface area contributed by atoms with Crippen LogP contribution in [0.25, 0.3) is 11.1 Å². The Morgan fingerprint density at radius 1 is 0.739 bits per heavy atom. The first-order valence-corrected chi connectivity index (χ1v) is 16.1. The van der Waals surface area contributed by atoms with Gasteiger partial charge in [0.15, 0.2) is 0 Å². The predicted molar refractivity (Wildman–Crippen MR) is 176 cm³/mol. The van der Waals surface area contributed by atoms with Crippen LogP contribution in [0.4, 0.5) is 0 Å². The van der Waals surface area contributed by atoms with Gasteiger partial charge in [0, 0.05) is 5.41 Å². The third-order valence-electron chi connectivity index (χ3n) is 8.62. The van der Waals surface area contributed by atoms with Gasteiger partial charge in [0.25, 0.3) is 0 Å². The Morgan fingerprint density at radius 3 is 1.72 bits per heavy atom. The lowest BCUT2D eigenvalue weighted by Gasteiger charge is -2.22. The van der Waals surface area contributed by atoms with Crippen LogP contribution in [0.1, 0.15) is 85.2 Å². The zero-order valence-corrected chi connectivity index (χ0v) is 26.8. The molecule has 6 rings (SSSR count). The number of fused-ring (bicyclic) bond motifs is 3. The van der Waals surface area contributed by atoms with Gasteiger partial charge in [-0.1, -0.05) is 52.7 Å². The summed E-state index contributed by atoms with van der Waals surface area (Å²) in [5.41, 5.74) is 4.65. The molecule has 4 aromatic carbocycles. The summed E-state index contributed by atoms with van der Waals surface area (Å²) in [4.78, 5) is 26.0. The van der Waals surface area contributed by atoms with Gasteiger partial charge in [-0.25, -0.2) is 9.59 Å². The van der Waals surface area contributed by atoms with Crippen molar-refractivity contribution in [2.24, 2.45) is 0 Å². The van der Waals surface area contributed by atoms with Crippen molar-refractivity contribution in [2.45, 2.75) is 71.0 Å². The second-order valence-corrected chi connectivity index (χ2v) is 12.4. The van der Waals surface area contributed by atoms with E-state index in [9.17, 15) is 9.59 Å². The number of rotatable bonds is 13. The van der Waals surface area contributed by atoms with Crippen molar-refractivity contribution in [3.05, 3.63) is 107 Å². The smallest absolute Gasteiger partial charge is 0.343 e. The van der Waals surface area contributed by atoms with Gasteiger partial charge in [0.1, 0.15) is 35.2 Å². The van der Waals surface area contributed by atoms with E-state index in [0.29, 0.717) is 35.0 Å². The zero-order valence-electron chi connectivity index (χ0n) is 26.8. The van der Waals surface area contributed by atoms with E-state index in [4.69, 9.17) is 23.7 Å². The summed E-state index contributed by atoms with van der Waals surface area (Å²) in [6.45, 7) is 9.85. The Balaban J connectivity index is 1.11. The van der Waals surface area contributed by atoms with Gasteiger partial charge in [-0.2, -0.15) is 0 Å². The molecule has 0 spiro atoms. The highest BCUT2D eigenvalue weighted by molar-refractivity contribution is 5.92. The molecular formula is C39H40O7. The van der Waals surface area contributed by atoms with E-state index >= 15 is 0 Å². The number of ether oxygens (including phenoxy) is 5. The molecular weight excluding hydrogens is 580 g/mol. The summed E-state index contributed by atoms with van der Waals surface area (Å²) in [5.74, 6) is 1.50. The van der Waals surface area contributed by atoms with Gasteiger partial charge in [0.2, 0.25) is 0 Å². The minimum atomic E-state index is -0.440. The summed E-state index contributed by atoms with van der Waals surface area (Å²) < 4.78 is 28.8. The maximum absolute atomic E-state index is 13.1. The summed E-state index contributed by atoms with van der Waals surface area (Å²) in [5, 5.41) is 0. The van der Waals surface area contributed by atoms with Crippen LogP contribution >= 0.6 is 0 Å². The first-order chi connectivity index (χ1) is 22.3. The monoisotopic (exact) mass is 620 g/mol. The Morgan fingerprint density at radius 2 is 1.24 bits per heavy atom. The third kappa shape index (κ3) is 6.80. The number of hydrogen-bond donors (Lipinski definition) is 0. The maximum Gasteiger partial charge on any atom is 0.343 e. The van der Waals surface area contributed by atoms with Crippen molar-refractivity contribution >= 4 is 11.9 Å². The number of esters is 2. The van der Waals surface area contributed by atoms with Crippen LogP contribution in [0, 0.1) is 0 Å². The quantitative estimate of drug-likeness (QED) is 0.0641. The number of carbonyl (C=O) groups is 2. The van der Waals surface area contributed by atoms with E-state index in [0.717, 1.165) is 60.3 Å². The van der Waals surface area contributed by atoms with Crippen LogP contribution in [0.15, 0.2) is 84.9 Å². The normalized spacial score (nSPS) is 16.1. The van der Waals surface area contributed by atoms with E-state index in [1.54, 1.807) is 48.5 Å². The number of hydrogen-bond acceptors (Lipinski definition) is 7. The number of benzene rings is 4. The largest absolute Gasteiger partial charge is 0.494 e. The standard InChI is InChI=1S/C39H40O7/c1-5-7-21-42-27-13-9-25(10-14-27)37(40)45-29-17-19-31-32-20-18-30(23-34(32)39(3,4)33(31)22-29)46-38(41)26-11-15-28(16-12-26)44-35(8-6-2)36-24-43-36/h9-20,22-23,35-36H,5-8,21,24H2,1-4H3. The van der Waals surface area contributed by atoms with Crippen molar-refractivity contribution in [1.82, 2.24) is 0 Å². The van der Waals surface area contributed by atoms with E-state index in [1.165, 1.54) is 0 Å². The second kappa shape index (κ2) is 13.4. The van der Waals surface area contributed by atoms with Crippen LogP contribution in [-0.2, 0) is 10.2 Å². The number of carbonyl (C=O) groups excluding carboxylic acids is 2. The first-order valence-electron chi connectivity index (χ1n) is 16.1. The highest BCUT2D eigenvalue weighted by Gasteiger charge is 2.37. The van der Waals surface area contributed by atoms with Gasteiger partial charge in [-0.3, -0.25) is 0 Å². The molecule has 0 bridgehead atoms. The predicted octanol–water partition coefficient (Wildman–Crippen LogP) is 8.56. The number of epoxide rings is 1. The molecule has 0 amide bonds. The van der Waals surface area contributed by atoms with Gasteiger partial charge >= 0.3 is 11.9 Å². The van der Waals surface area contributed by atoms with Crippen LogP contribution in [-0.4, -0.2) is 37.4 Å². The zero-order chi connectivity index (χ0) is 32.3. The lowest BCUT2D eigenvalue weighted by Crippen LogP contribution is -2.23. The van der Waals surface area contributed by atoms with Crippen molar-refractivity contribution in [3.8, 4) is 34.1 Å². The van der Waals surface area contributed by atoms with Crippen molar-refractivity contribution in [1.29, 1.82) is 0 Å². The fraction of sp³-hybridized carbons (Fsp3) is 0.333. The molecule has 1 aliphatic heterocycles. The van der Waals surface area contributed by atoms with Crippen molar-refractivity contribution < 1.29 is 33.3 Å². The van der Waals surface area contributed by atoms with Crippen LogP contribution in [0.2, 0.25) is 0 Å². The van der Waals surface area contributed by atoms with Gasteiger partial charge in [-0.05, 0) is 108 Å². The Kier molecular flexibility index (Phi) is 9.13. The third-order valence-corrected chi connectivity index (χ3v) is 8.62. The molecule has 0 N–H and O–H groups in total. The maximum atomic E-state index is 13.1. The minimum Gasteiger partial charge on any atom is -0.494 e. The SMILES string of the molecule is CCCCOc1ccc(C(=O)Oc2ccc3c(c2)C(C)(C)c2cc(OC(=O)c4ccc(OC(CCC)C5CO5)cc4)ccc2-3)cc1. The molecule has 1 fully saturated rings. The Hall–Kier alpha value is -4.62. The van der Waals surface area contributed by atoms with E-state index in [2.05, 4.69) is 27.7 Å². The summed E-state index contributed by atoms with van der Waals surface area (Å²) in [6, 6.07) is 25.5. The van der Waals surface area contributed by atoms with Crippen molar-refractivity contribution in [3.63, 3.8) is 0 Å². The molecule has 0 saturated carbocycles. The Labute approximate surface area is 270 Å². The molecule has 2 aliphatic rings. The van der Waals surface area contributed by atoms with Gasteiger partial charge in [-0.15, -0.1) is 0 Å². The van der Waals surface area contributed by atoms with Gasteiger partial charge in [0.05, 0.1) is 24.3 Å². The molecule has 0 aromatic heterocycles. The Bertz CT molecular complexity index is 1700. The molecule has 1 aliphatic carbocycles. The average molecular weight is 621 g/mol. The molecule has 0 radical (unpaired) electrons. The molecule has 2 unspecified atom stereocenters. The van der Waals surface area contributed by atoms with Crippen molar-refractivity contribution in [2.75, 3.05) is 13.2 Å². The topological polar surface area (TPSA) is 83.6 Å². The second-order valence-electron chi connectivity index (χ2n) is 12.4. The fourth-order valence-corrected chi connectivity index (χ4v) is 5.90. The van der Waals surface area contributed by atoms with Gasteiger partial charge < -0.3 is 23.7 Å². The molecule has 7 nitrogen and oxygen atoms in total. The molecule has 4 aromatic rings.